The topological polar surface area (TPSA) is 0 Å². The minimum absolute atomic E-state index is 0.855. The predicted octanol–water partition coefficient (Wildman–Crippen LogP) is 4.68. The van der Waals surface area contributed by atoms with Crippen molar-refractivity contribution >= 4 is 0 Å². The maximum Gasteiger partial charge on any atom is -0.0292 e. The second-order valence-corrected chi connectivity index (χ2v) is 7.53. The van der Waals surface area contributed by atoms with Gasteiger partial charge < -0.3 is 0 Å². The van der Waals surface area contributed by atoms with Crippen molar-refractivity contribution in [1.29, 1.82) is 0 Å². The van der Waals surface area contributed by atoms with Crippen molar-refractivity contribution in [2.75, 3.05) is 0 Å². The first kappa shape index (κ1) is 9.07. The largest absolute Gasteiger partial charge is 0.0522 e. The van der Waals surface area contributed by atoms with Crippen LogP contribution in [0.15, 0.2) is 0 Å². The zero-order valence-corrected chi connectivity index (χ0v) is 9.99. The Labute approximate surface area is 93.8 Å². The molecule has 0 aromatic heterocycles. The Balaban J connectivity index is 1.48. The van der Waals surface area contributed by atoms with E-state index in [0.29, 0.717) is 0 Å². The summed E-state index contributed by atoms with van der Waals surface area (Å²) in [7, 11) is 0. The van der Waals surface area contributed by atoms with E-state index in [-0.39, 0.29) is 0 Å². The average molecular weight is 204 g/mol. The van der Waals surface area contributed by atoms with Crippen molar-refractivity contribution in [2.24, 2.45) is 16.2 Å². The van der Waals surface area contributed by atoms with E-state index in [2.05, 4.69) is 0 Å². The lowest BCUT2D eigenvalue weighted by Crippen LogP contribution is -2.31. The average Bonchev–Trinajstić information content (AvgIpc) is 2.85. The van der Waals surface area contributed by atoms with Crippen molar-refractivity contribution in [3.8, 4) is 0 Å². The van der Waals surface area contributed by atoms with Gasteiger partial charge in [0.1, 0.15) is 0 Å². The Hall–Kier alpha value is 0. The van der Waals surface area contributed by atoms with Gasteiger partial charge in [-0.15, -0.1) is 0 Å². The molecule has 84 valence electrons. The molecule has 4 aliphatic rings. The second kappa shape index (κ2) is 2.63. The van der Waals surface area contributed by atoms with Gasteiger partial charge in [0.15, 0.2) is 0 Å². The van der Waals surface area contributed by atoms with E-state index in [1.54, 1.807) is 77.0 Å². The van der Waals surface area contributed by atoms with Crippen LogP contribution in [-0.2, 0) is 0 Å². The lowest BCUT2D eigenvalue weighted by Gasteiger charge is -2.43. The minimum atomic E-state index is 0.855. The summed E-state index contributed by atoms with van der Waals surface area (Å²) in [6.45, 7) is 0. The number of hydrogen-bond acceptors (Lipinski definition) is 0. The van der Waals surface area contributed by atoms with Gasteiger partial charge >= 0.3 is 0 Å². The summed E-state index contributed by atoms with van der Waals surface area (Å²) in [6.07, 6.45) is 19.1. The molecule has 0 nitrogen and oxygen atoms in total. The summed E-state index contributed by atoms with van der Waals surface area (Å²) in [6, 6.07) is 0. The van der Waals surface area contributed by atoms with Crippen LogP contribution in [0, 0.1) is 16.2 Å². The van der Waals surface area contributed by atoms with Gasteiger partial charge in [0.05, 0.1) is 0 Å². The van der Waals surface area contributed by atoms with Crippen LogP contribution < -0.4 is 0 Å². The zero-order valence-electron chi connectivity index (χ0n) is 9.99. The second-order valence-electron chi connectivity index (χ2n) is 7.53. The Bertz CT molecular complexity index is 270. The fourth-order valence-corrected chi connectivity index (χ4v) is 5.02. The lowest BCUT2D eigenvalue weighted by atomic mass is 9.62. The van der Waals surface area contributed by atoms with E-state index in [1.165, 1.54) is 0 Å². The predicted molar refractivity (Wildman–Crippen MR) is 62.7 cm³/mol. The molecule has 15 heavy (non-hydrogen) atoms. The summed E-state index contributed by atoms with van der Waals surface area (Å²) in [5.41, 5.74) is 2.64. The molecule has 0 aromatic carbocycles. The molecule has 4 saturated carbocycles. The molecular weight excluding hydrogens is 180 g/mol. The third-order valence-electron chi connectivity index (χ3n) is 6.68. The first-order valence-electron chi connectivity index (χ1n) is 7.24. The molecule has 0 N–H and O–H groups in total. The smallest absolute Gasteiger partial charge is 0.0292 e. The maximum atomic E-state index is 1.64. The van der Waals surface area contributed by atoms with Gasteiger partial charge in [0.2, 0.25) is 0 Å². The SMILES string of the molecule is C1CC2(C1)CCC1(CCC3(CC3)CC1)C2. The molecule has 0 atom stereocenters. The van der Waals surface area contributed by atoms with E-state index in [0.717, 1.165) is 16.2 Å². The monoisotopic (exact) mass is 204 g/mol. The summed E-state index contributed by atoms with van der Waals surface area (Å²) in [5.74, 6) is 0. The van der Waals surface area contributed by atoms with Gasteiger partial charge in [-0.05, 0) is 86.9 Å². The van der Waals surface area contributed by atoms with E-state index in [9.17, 15) is 0 Å². The van der Waals surface area contributed by atoms with Gasteiger partial charge in [0.25, 0.3) is 0 Å². The first-order chi connectivity index (χ1) is 7.24. The van der Waals surface area contributed by atoms with E-state index >= 15 is 0 Å². The molecule has 0 bridgehead atoms. The molecule has 4 rings (SSSR count). The Morgan fingerprint density at radius 3 is 1.13 bits per heavy atom. The fourth-order valence-electron chi connectivity index (χ4n) is 5.02. The molecular formula is C15H24. The molecule has 0 amide bonds. The van der Waals surface area contributed by atoms with Crippen LogP contribution in [-0.4, -0.2) is 0 Å². The van der Waals surface area contributed by atoms with Crippen molar-refractivity contribution in [2.45, 2.75) is 77.0 Å². The molecule has 0 aliphatic heterocycles. The standard InChI is InChI=1S/C15H24/c1-2-14(3-1)10-11-15(12-14)8-6-13(4-5-13)7-9-15/h1-12H2. The lowest BCUT2D eigenvalue weighted by molar-refractivity contribution is 0.0823. The molecule has 0 heterocycles. The van der Waals surface area contributed by atoms with Crippen LogP contribution in [0.5, 0.6) is 0 Å². The molecule has 0 unspecified atom stereocenters. The van der Waals surface area contributed by atoms with Gasteiger partial charge in [-0.1, -0.05) is 6.42 Å². The zero-order chi connectivity index (χ0) is 9.99. The van der Waals surface area contributed by atoms with Crippen molar-refractivity contribution in [3.05, 3.63) is 0 Å². The normalized spacial score (nSPS) is 38.4. The summed E-state index contributed by atoms with van der Waals surface area (Å²) < 4.78 is 0. The van der Waals surface area contributed by atoms with Crippen molar-refractivity contribution < 1.29 is 0 Å². The third-order valence-corrected chi connectivity index (χ3v) is 6.68. The summed E-state index contributed by atoms with van der Waals surface area (Å²) >= 11 is 0. The molecule has 3 spiro atoms. The van der Waals surface area contributed by atoms with Gasteiger partial charge in [-0.2, -0.15) is 0 Å². The van der Waals surface area contributed by atoms with Crippen LogP contribution in [0.2, 0.25) is 0 Å². The molecule has 0 radical (unpaired) electrons. The third kappa shape index (κ3) is 1.26. The quantitative estimate of drug-likeness (QED) is 0.537. The minimum Gasteiger partial charge on any atom is -0.0522 e. The van der Waals surface area contributed by atoms with E-state index in [1.807, 2.05) is 0 Å². The Morgan fingerprint density at radius 2 is 0.800 bits per heavy atom. The molecule has 0 aromatic rings. The highest BCUT2D eigenvalue weighted by atomic mass is 14.6. The van der Waals surface area contributed by atoms with Crippen LogP contribution in [0.1, 0.15) is 77.0 Å². The van der Waals surface area contributed by atoms with Crippen LogP contribution in [0.3, 0.4) is 0 Å². The van der Waals surface area contributed by atoms with Crippen molar-refractivity contribution in [1.82, 2.24) is 0 Å². The van der Waals surface area contributed by atoms with Crippen molar-refractivity contribution in [3.63, 3.8) is 0 Å². The van der Waals surface area contributed by atoms with Gasteiger partial charge in [0, 0.05) is 0 Å². The molecule has 0 saturated heterocycles. The van der Waals surface area contributed by atoms with Gasteiger partial charge in [-0.3, -0.25) is 0 Å². The highest BCUT2D eigenvalue weighted by molar-refractivity contribution is 5.07. The van der Waals surface area contributed by atoms with Gasteiger partial charge in [-0.25, -0.2) is 0 Å². The molecule has 0 heteroatoms. The highest BCUT2D eigenvalue weighted by Gasteiger charge is 2.55. The molecule has 4 fully saturated rings. The Kier molecular flexibility index (Phi) is 1.59. The van der Waals surface area contributed by atoms with Crippen LogP contribution in [0.25, 0.3) is 0 Å². The number of hydrogen-bond donors (Lipinski definition) is 0. The van der Waals surface area contributed by atoms with Crippen LogP contribution >= 0.6 is 0 Å². The van der Waals surface area contributed by atoms with E-state index < -0.39 is 0 Å². The van der Waals surface area contributed by atoms with E-state index in [4.69, 9.17) is 0 Å². The fraction of sp³-hybridized carbons (Fsp3) is 1.00. The maximum absolute atomic E-state index is 1.64. The summed E-state index contributed by atoms with van der Waals surface area (Å²) in [4.78, 5) is 0. The first-order valence-corrected chi connectivity index (χ1v) is 7.24. The Morgan fingerprint density at radius 1 is 0.400 bits per heavy atom. The molecule has 4 aliphatic carbocycles. The highest BCUT2D eigenvalue weighted by Crippen LogP contribution is 2.68. The summed E-state index contributed by atoms with van der Waals surface area (Å²) in [5, 5.41) is 0. The van der Waals surface area contributed by atoms with Crippen LogP contribution in [0.4, 0.5) is 0 Å². The number of rotatable bonds is 0.